The molecule has 13 heteroatoms. The molecule has 0 radical (unpaired) electrons. The number of methoxy groups -OCH3 is 1. The van der Waals surface area contributed by atoms with Crippen molar-refractivity contribution in [2.45, 2.75) is 84.5 Å². The van der Waals surface area contributed by atoms with Gasteiger partial charge in [-0.15, -0.1) is 0 Å². The summed E-state index contributed by atoms with van der Waals surface area (Å²) in [4.78, 5) is 26.4. The van der Waals surface area contributed by atoms with Crippen LogP contribution in [0.15, 0.2) is 42.5 Å². The van der Waals surface area contributed by atoms with Gasteiger partial charge in [-0.25, -0.2) is 4.39 Å². The molecule has 47 heavy (non-hydrogen) atoms. The summed E-state index contributed by atoms with van der Waals surface area (Å²) in [5, 5.41) is 26.9. The quantitative estimate of drug-likeness (QED) is 0.115. The number of carbonyl (C=O) groups is 2. The zero-order valence-electron chi connectivity index (χ0n) is 27.6. The number of amides is 2. The number of benzene rings is 2. The molecule has 0 aliphatic carbocycles. The van der Waals surface area contributed by atoms with Crippen molar-refractivity contribution in [3.63, 3.8) is 0 Å². The summed E-state index contributed by atoms with van der Waals surface area (Å²) in [5.74, 6) is -2.84. The Balaban J connectivity index is 1.98. The van der Waals surface area contributed by atoms with Gasteiger partial charge in [-0.1, -0.05) is 52.3 Å². The van der Waals surface area contributed by atoms with E-state index in [9.17, 15) is 37.4 Å². The van der Waals surface area contributed by atoms with Crippen molar-refractivity contribution in [2.75, 3.05) is 26.9 Å². The van der Waals surface area contributed by atoms with Crippen LogP contribution in [0.25, 0.3) is 0 Å². The molecule has 2 aromatic carbocycles. The van der Waals surface area contributed by atoms with Gasteiger partial charge in [-0.2, -0.15) is 13.2 Å². The first kappa shape index (κ1) is 39.9. The third-order valence-electron chi connectivity index (χ3n) is 7.91. The maximum Gasteiger partial charge on any atom is 0.419 e. The third kappa shape index (κ3) is 13.4. The number of hydrogen-bond donors (Lipinski definition) is 4. The number of rotatable bonds is 20. The van der Waals surface area contributed by atoms with Crippen LogP contribution < -0.4 is 15.4 Å². The fourth-order valence-electron chi connectivity index (χ4n) is 4.77. The normalized spacial score (nSPS) is 15.1. The molecule has 0 saturated carbocycles. The Bertz CT molecular complexity index is 1240. The molecule has 0 aromatic heterocycles. The van der Waals surface area contributed by atoms with E-state index < -0.39 is 53.5 Å². The van der Waals surface area contributed by atoms with Crippen molar-refractivity contribution in [1.29, 1.82) is 0 Å². The Kier molecular flexibility index (Phi) is 16.6. The lowest BCUT2D eigenvalue weighted by atomic mass is 9.87. The van der Waals surface area contributed by atoms with Crippen LogP contribution in [0, 0.1) is 23.6 Å². The molecule has 0 aliphatic heterocycles. The Labute approximate surface area is 274 Å². The highest BCUT2D eigenvalue weighted by molar-refractivity contribution is 5.88. The standard InChI is InChI=1S/C34H48F4N2O7/c1-6-22(4)31(33(44)39-18-23-8-11-25(35)12-9-23)40-32(43)26(21(2)3)17-28(41)29(42)20-46-19-24-10-13-27(34(36,37)38)30(16-24)47-15-7-14-45-5/h8-13,16,21-22,26,28-29,31,41-42H,6-7,14-15,17-20H2,1-5H3,(H,39,44)(H,40,43)/t22-,26-,28-,29-,31-/m0/s1. The van der Waals surface area contributed by atoms with Gasteiger partial charge in [-0.3, -0.25) is 9.59 Å². The fraction of sp³-hybridized carbons (Fsp3) is 0.588. The first-order valence-electron chi connectivity index (χ1n) is 15.8. The Morgan fingerprint density at radius 1 is 0.936 bits per heavy atom. The van der Waals surface area contributed by atoms with E-state index in [4.69, 9.17) is 14.2 Å². The van der Waals surface area contributed by atoms with Crippen LogP contribution in [0.2, 0.25) is 0 Å². The number of aliphatic hydroxyl groups is 2. The lowest BCUT2D eigenvalue weighted by molar-refractivity contribution is -0.139. The average molecular weight is 673 g/mol. The first-order chi connectivity index (χ1) is 22.2. The van der Waals surface area contributed by atoms with E-state index in [0.717, 1.165) is 6.07 Å². The second-order valence-corrected chi connectivity index (χ2v) is 12.0. The molecular formula is C34H48F4N2O7. The average Bonchev–Trinajstić information content (AvgIpc) is 3.02. The monoisotopic (exact) mass is 672 g/mol. The van der Waals surface area contributed by atoms with Crippen molar-refractivity contribution >= 4 is 11.8 Å². The molecule has 0 heterocycles. The maximum atomic E-state index is 13.4. The van der Waals surface area contributed by atoms with Gasteiger partial charge in [0.2, 0.25) is 11.8 Å². The SMILES string of the molecule is CC[C@H](C)[C@H](NC(=O)[C@@H](C[C@H](O)[C@@H](O)COCc1ccc(C(F)(F)F)c(OCCCOC)c1)C(C)C)C(=O)NCc1ccc(F)cc1. The van der Waals surface area contributed by atoms with Crippen LogP contribution in [-0.4, -0.2) is 67.2 Å². The Morgan fingerprint density at radius 2 is 1.60 bits per heavy atom. The number of hydrogen-bond acceptors (Lipinski definition) is 7. The Morgan fingerprint density at radius 3 is 2.19 bits per heavy atom. The highest BCUT2D eigenvalue weighted by Crippen LogP contribution is 2.37. The van der Waals surface area contributed by atoms with Gasteiger partial charge in [0.25, 0.3) is 0 Å². The number of halogens is 4. The highest BCUT2D eigenvalue weighted by Gasteiger charge is 2.35. The summed E-state index contributed by atoms with van der Waals surface area (Å²) in [5.41, 5.74) is 0.140. The largest absolute Gasteiger partial charge is 0.493 e. The molecule has 2 aromatic rings. The van der Waals surface area contributed by atoms with Gasteiger partial charge in [0, 0.05) is 32.6 Å². The van der Waals surface area contributed by atoms with Crippen molar-refractivity contribution in [3.8, 4) is 5.75 Å². The lowest BCUT2D eigenvalue weighted by Gasteiger charge is -2.29. The van der Waals surface area contributed by atoms with Gasteiger partial charge >= 0.3 is 6.18 Å². The zero-order chi connectivity index (χ0) is 35.1. The van der Waals surface area contributed by atoms with Crippen molar-refractivity contribution < 1.29 is 51.6 Å². The predicted octanol–water partition coefficient (Wildman–Crippen LogP) is 5.01. The molecule has 0 aliphatic rings. The highest BCUT2D eigenvalue weighted by atomic mass is 19.4. The summed E-state index contributed by atoms with van der Waals surface area (Å²) >= 11 is 0. The van der Waals surface area contributed by atoms with Crippen LogP contribution in [0.3, 0.4) is 0 Å². The minimum atomic E-state index is -4.61. The van der Waals surface area contributed by atoms with Crippen LogP contribution in [0.5, 0.6) is 5.75 Å². The molecule has 9 nitrogen and oxygen atoms in total. The van der Waals surface area contributed by atoms with E-state index in [1.807, 2.05) is 13.8 Å². The number of nitrogens with one attached hydrogen (secondary N) is 2. The second kappa shape index (κ2) is 19.5. The molecule has 0 saturated heterocycles. The van der Waals surface area contributed by atoms with Crippen LogP contribution >= 0.6 is 0 Å². The first-order valence-corrected chi connectivity index (χ1v) is 15.8. The van der Waals surface area contributed by atoms with Crippen molar-refractivity contribution in [3.05, 3.63) is 65.0 Å². The fourth-order valence-corrected chi connectivity index (χ4v) is 4.77. The van der Waals surface area contributed by atoms with E-state index >= 15 is 0 Å². The number of alkyl halides is 3. The predicted molar refractivity (Wildman–Crippen MR) is 168 cm³/mol. The molecule has 0 unspecified atom stereocenters. The van der Waals surface area contributed by atoms with Crippen LogP contribution in [0.1, 0.15) is 63.6 Å². The van der Waals surface area contributed by atoms with Crippen LogP contribution in [-0.2, 0) is 38.4 Å². The van der Waals surface area contributed by atoms with Gasteiger partial charge in [0.05, 0.1) is 31.5 Å². The van der Waals surface area contributed by atoms with E-state index in [0.29, 0.717) is 30.6 Å². The number of aliphatic hydroxyl groups excluding tert-OH is 2. The van der Waals surface area contributed by atoms with Gasteiger partial charge in [-0.05, 0) is 53.6 Å². The molecule has 0 bridgehead atoms. The summed E-state index contributed by atoms with van der Waals surface area (Å²) in [7, 11) is 1.48. The number of ether oxygens (including phenoxy) is 3. The van der Waals surface area contributed by atoms with Crippen molar-refractivity contribution in [1.82, 2.24) is 10.6 Å². The molecular weight excluding hydrogens is 624 g/mol. The second-order valence-electron chi connectivity index (χ2n) is 12.0. The minimum absolute atomic E-state index is 0.0233. The van der Waals surface area contributed by atoms with E-state index in [1.165, 1.54) is 31.4 Å². The van der Waals surface area contributed by atoms with Gasteiger partial charge < -0.3 is 35.1 Å². The zero-order valence-corrected chi connectivity index (χ0v) is 27.6. The topological polar surface area (TPSA) is 126 Å². The molecule has 264 valence electrons. The third-order valence-corrected chi connectivity index (χ3v) is 7.91. The summed E-state index contributed by atoms with van der Waals surface area (Å²) in [6.45, 7) is 7.28. The van der Waals surface area contributed by atoms with Crippen molar-refractivity contribution in [2.24, 2.45) is 17.8 Å². The molecule has 0 spiro atoms. The van der Waals surface area contributed by atoms with Gasteiger partial charge in [0.1, 0.15) is 23.7 Å². The molecule has 2 amide bonds. The van der Waals surface area contributed by atoms with Gasteiger partial charge in [0.15, 0.2) is 0 Å². The van der Waals surface area contributed by atoms with E-state index in [-0.39, 0.29) is 50.4 Å². The van der Waals surface area contributed by atoms with E-state index in [2.05, 4.69) is 10.6 Å². The van der Waals surface area contributed by atoms with Crippen LogP contribution in [0.4, 0.5) is 17.6 Å². The summed E-state index contributed by atoms with van der Waals surface area (Å²) in [6.07, 6.45) is -6.50. The summed E-state index contributed by atoms with van der Waals surface area (Å²) in [6, 6.07) is 8.20. The molecule has 2 rings (SSSR count). The Hall–Kier alpha value is -3.26. The maximum absolute atomic E-state index is 13.4. The smallest absolute Gasteiger partial charge is 0.419 e. The molecule has 0 fully saturated rings. The molecule has 5 atom stereocenters. The molecule has 4 N–H and O–H groups in total. The lowest BCUT2D eigenvalue weighted by Crippen LogP contribution is -2.52. The number of carbonyl (C=O) groups excluding carboxylic acids is 2. The minimum Gasteiger partial charge on any atom is -0.493 e. The summed E-state index contributed by atoms with van der Waals surface area (Å²) < 4.78 is 69.3. The van der Waals surface area contributed by atoms with E-state index in [1.54, 1.807) is 26.0 Å².